The molecule has 6 rings (SSSR count). The minimum absolute atomic E-state index is 0.0617. The van der Waals surface area contributed by atoms with Crippen molar-refractivity contribution in [1.29, 1.82) is 0 Å². The van der Waals surface area contributed by atoms with E-state index >= 15 is 0 Å². The number of aromatic nitrogens is 2. The molecular formula is C27H28ClF4N5O3. The Morgan fingerprint density at radius 3 is 2.73 bits per heavy atom. The molecule has 3 aromatic rings. The second-order valence-corrected chi connectivity index (χ2v) is 11.2. The van der Waals surface area contributed by atoms with Gasteiger partial charge in [-0.1, -0.05) is 11.6 Å². The number of alkyl halides is 4. The Morgan fingerprint density at radius 1 is 1.23 bits per heavy atom. The largest absolute Gasteiger partial charge is 0.480 e. The quantitative estimate of drug-likeness (QED) is 0.365. The van der Waals surface area contributed by atoms with E-state index in [2.05, 4.69) is 15.6 Å². The van der Waals surface area contributed by atoms with Crippen LogP contribution in [0.3, 0.4) is 0 Å². The van der Waals surface area contributed by atoms with Crippen LogP contribution in [0.1, 0.15) is 19.3 Å². The molecule has 0 spiro atoms. The fraction of sp³-hybridized carbons (Fsp3) is 0.481. The molecule has 3 N–H and O–H groups in total. The number of halogens is 5. The zero-order chi connectivity index (χ0) is 28.4. The van der Waals surface area contributed by atoms with Gasteiger partial charge in [0.15, 0.2) is 6.61 Å². The van der Waals surface area contributed by atoms with Crippen molar-refractivity contribution in [2.75, 3.05) is 41.8 Å². The van der Waals surface area contributed by atoms with Crippen molar-refractivity contribution in [3.8, 4) is 5.75 Å². The molecule has 214 valence electrons. The Hall–Kier alpha value is -3.25. The highest BCUT2D eigenvalue weighted by atomic mass is 35.5. The lowest BCUT2D eigenvalue weighted by molar-refractivity contribution is -0.0880. The summed E-state index contributed by atoms with van der Waals surface area (Å²) in [5.41, 5.74) is 1.23. The second-order valence-electron chi connectivity index (χ2n) is 10.8. The van der Waals surface area contributed by atoms with Crippen LogP contribution in [0.5, 0.6) is 5.75 Å². The zero-order valence-corrected chi connectivity index (χ0v) is 22.3. The fourth-order valence-corrected chi connectivity index (χ4v) is 5.67. The molecule has 2 aliphatic heterocycles. The number of hydrogen-bond acceptors (Lipinski definition) is 7. The van der Waals surface area contributed by atoms with E-state index in [1.807, 2.05) is 0 Å². The molecule has 1 saturated carbocycles. The average molecular weight is 582 g/mol. The maximum absolute atomic E-state index is 14.9. The molecule has 2 aromatic heterocycles. The van der Waals surface area contributed by atoms with E-state index in [-0.39, 0.29) is 35.5 Å². The maximum atomic E-state index is 14.9. The molecule has 13 heteroatoms. The number of aryl methyl sites for hydroxylation is 1. The minimum atomic E-state index is -3.15. The first-order valence-corrected chi connectivity index (χ1v) is 13.5. The summed E-state index contributed by atoms with van der Waals surface area (Å²) < 4.78 is 64.8. The Kier molecular flexibility index (Phi) is 6.53. The Morgan fingerprint density at radius 2 is 2.00 bits per heavy atom. The van der Waals surface area contributed by atoms with E-state index in [0.717, 1.165) is 0 Å². The molecule has 3 aliphatic rings. The molecule has 4 heterocycles. The Bertz CT molecular complexity index is 1530. The van der Waals surface area contributed by atoms with Crippen LogP contribution in [-0.4, -0.2) is 58.8 Å². The van der Waals surface area contributed by atoms with E-state index in [0.29, 0.717) is 40.9 Å². The van der Waals surface area contributed by atoms with Gasteiger partial charge in [0.05, 0.1) is 46.7 Å². The fourth-order valence-electron chi connectivity index (χ4n) is 5.52. The third kappa shape index (κ3) is 4.70. The lowest BCUT2D eigenvalue weighted by Gasteiger charge is -2.38. The smallest absolute Gasteiger partial charge is 0.301 e. The van der Waals surface area contributed by atoms with Crippen molar-refractivity contribution in [3.05, 3.63) is 45.8 Å². The van der Waals surface area contributed by atoms with Gasteiger partial charge in [-0.3, -0.25) is 4.79 Å². The molecule has 1 unspecified atom stereocenters. The number of ether oxygens (including phenoxy) is 1. The number of aliphatic hydroxyl groups is 1. The Balaban J connectivity index is 1.35. The third-order valence-electron chi connectivity index (χ3n) is 8.03. The lowest BCUT2D eigenvalue weighted by atomic mass is 9.94. The molecule has 1 aliphatic carbocycles. The average Bonchev–Trinajstić information content (AvgIpc) is 3.76. The van der Waals surface area contributed by atoms with Gasteiger partial charge < -0.3 is 29.9 Å². The summed E-state index contributed by atoms with van der Waals surface area (Å²) in [4.78, 5) is 19.0. The topological polar surface area (TPSA) is 91.7 Å². The van der Waals surface area contributed by atoms with Crippen LogP contribution >= 0.6 is 11.6 Å². The SMILES string of the molecule is Cn1c(=O)c2c(c3cc(Nc4cc(N5CCC(F)(F)C(CO)C5)ncc4Cl)ccc31)N[C@@H](C1CC1)C(F)(F)CO2. The highest BCUT2D eigenvalue weighted by Gasteiger charge is 2.51. The summed E-state index contributed by atoms with van der Waals surface area (Å²) in [6.07, 6.45) is 2.35. The number of piperidine rings is 1. The normalized spacial score (nSPS) is 23.6. The summed E-state index contributed by atoms with van der Waals surface area (Å²) >= 11 is 6.42. The number of fused-ring (bicyclic) bond motifs is 3. The number of hydrogen-bond donors (Lipinski definition) is 3. The van der Waals surface area contributed by atoms with Gasteiger partial charge in [-0.05, 0) is 37.0 Å². The van der Waals surface area contributed by atoms with Crippen LogP contribution in [0.4, 0.5) is 40.4 Å². The number of anilines is 4. The van der Waals surface area contributed by atoms with Gasteiger partial charge in [-0.15, -0.1) is 0 Å². The number of pyridine rings is 2. The first-order valence-electron chi connectivity index (χ1n) is 13.1. The van der Waals surface area contributed by atoms with Gasteiger partial charge >= 0.3 is 5.92 Å². The van der Waals surface area contributed by atoms with E-state index in [9.17, 15) is 27.5 Å². The van der Waals surface area contributed by atoms with Crippen molar-refractivity contribution in [2.45, 2.75) is 37.1 Å². The molecule has 0 amide bonds. The van der Waals surface area contributed by atoms with Gasteiger partial charge in [0, 0.05) is 43.7 Å². The van der Waals surface area contributed by atoms with E-state index in [1.165, 1.54) is 10.8 Å². The first-order chi connectivity index (χ1) is 19.0. The molecule has 8 nitrogen and oxygen atoms in total. The van der Waals surface area contributed by atoms with Crippen LogP contribution in [0.25, 0.3) is 10.9 Å². The molecule has 0 radical (unpaired) electrons. The summed E-state index contributed by atoms with van der Waals surface area (Å²) in [5.74, 6) is -7.26. The lowest BCUT2D eigenvalue weighted by Crippen LogP contribution is -2.49. The van der Waals surface area contributed by atoms with Crippen LogP contribution in [0, 0.1) is 11.8 Å². The van der Waals surface area contributed by atoms with E-state index in [4.69, 9.17) is 16.3 Å². The van der Waals surface area contributed by atoms with Crippen molar-refractivity contribution in [2.24, 2.45) is 18.9 Å². The van der Waals surface area contributed by atoms with Crippen molar-refractivity contribution in [1.82, 2.24) is 9.55 Å². The van der Waals surface area contributed by atoms with Crippen LogP contribution in [0.15, 0.2) is 35.3 Å². The zero-order valence-electron chi connectivity index (χ0n) is 21.6. The highest BCUT2D eigenvalue weighted by molar-refractivity contribution is 6.33. The Labute approximate surface area is 231 Å². The van der Waals surface area contributed by atoms with Crippen LogP contribution in [-0.2, 0) is 7.05 Å². The monoisotopic (exact) mass is 581 g/mol. The molecular weight excluding hydrogens is 554 g/mol. The summed E-state index contributed by atoms with van der Waals surface area (Å²) in [5, 5.41) is 16.4. The van der Waals surface area contributed by atoms with Gasteiger partial charge in [-0.25, -0.2) is 22.5 Å². The van der Waals surface area contributed by atoms with Crippen LogP contribution in [0.2, 0.25) is 5.02 Å². The maximum Gasteiger partial charge on any atom is 0.301 e. The van der Waals surface area contributed by atoms with Gasteiger partial charge in [-0.2, -0.15) is 0 Å². The molecule has 1 aromatic carbocycles. The van der Waals surface area contributed by atoms with Crippen LogP contribution < -0.4 is 25.8 Å². The summed E-state index contributed by atoms with van der Waals surface area (Å²) in [6, 6.07) is 5.62. The number of nitrogens with one attached hydrogen (secondary N) is 2. The third-order valence-corrected chi connectivity index (χ3v) is 8.33. The molecule has 2 fully saturated rings. The first kappa shape index (κ1) is 26.9. The minimum Gasteiger partial charge on any atom is -0.480 e. The summed E-state index contributed by atoms with van der Waals surface area (Å²) in [6.45, 7) is -1.53. The van der Waals surface area contributed by atoms with Gasteiger partial charge in [0.1, 0.15) is 5.82 Å². The van der Waals surface area contributed by atoms with E-state index in [1.54, 1.807) is 36.2 Å². The number of rotatable bonds is 5. The molecule has 1 saturated heterocycles. The van der Waals surface area contributed by atoms with Crippen molar-refractivity contribution in [3.63, 3.8) is 0 Å². The molecule has 40 heavy (non-hydrogen) atoms. The van der Waals surface area contributed by atoms with Gasteiger partial charge in [0.25, 0.3) is 11.5 Å². The number of nitrogens with zero attached hydrogens (tertiary/aromatic N) is 3. The van der Waals surface area contributed by atoms with E-state index < -0.39 is 49.0 Å². The molecule has 0 bridgehead atoms. The predicted octanol–water partition coefficient (Wildman–Crippen LogP) is 5.00. The number of benzene rings is 1. The predicted molar refractivity (Wildman–Crippen MR) is 145 cm³/mol. The van der Waals surface area contributed by atoms with Gasteiger partial charge in [0.2, 0.25) is 5.75 Å². The summed E-state index contributed by atoms with van der Waals surface area (Å²) in [7, 11) is 1.55. The van der Waals surface area contributed by atoms with Crippen molar-refractivity contribution < 1.29 is 27.4 Å². The van der Waals surface area contributed by atoms with Crippen molar-refractivity contribution >= 4 is 45.4 Å². The standard InChI is InChI=1S/C27H28ClF4N5O3/c1-36-20-5-4-16(8-17(20)22-23(25(36)39)40-13-27(31,32)24(35-22)14-2-3-14)34-19-9-21(33-10-18(19)28)37-7-6-26(29,30)15(11-37)12-38/h4-5,8-10,14-15,24,35,38H,2-3,6-7,11-13H2,1H3,(H,33,34)/t15?,24-/m0/s1. The second kappa shape index (κ2) is 9.69. The molecule has 2 atom stereocenters. The highest BCUT2D eigenvalue weighted by Crippen LogP contribution is 2.46. The number of aliphatic hydroxyl groups excluding tert-OH is 1.